The van der Waals surface area contributed by atoms with Gasteiger partial charge in [-0.1, -0.05) is 12.1 Å². The van der Waals surface area contributed by atoms with Crippen LogP contribution in [0.4, 0.5) is 5.69 Å². The normalized spacial score (nSPS) is 8.73. The van der Waals surface area contributed by atoms with Crippen LogP contribution in [0.1, 0.15) is 17.3 Å². The molecule has 0 aliphatic heterocycles. The highest BCUT2D eigenvalue weighted by atomic mass is 16.1. The Kier molecular flexibility index (Phi) is 1.98. The molecule has 54 valence electrons. The fourth-order valence-corrected chi connectivity index (χ4v) is 0.787. The molecule has 3 heteroatoms. The van der Waals surface area contributed by atoms with E-state index < -0.39 is 0 Å². The molecule has 0 saturated carbocycles. The van der Waals surface area contributed by atoms with Gasteiger partial charge in [0, 0.05) is 17.7 Å². The van der Waals surface area contributed by atoms with Gasteiger partial charge in [0.25, 0.3) is 0 Å². The first-order chi connectivity index (χ1) is 5.24. The van der Waals surface area contributed by atoms with Crippen LogP contribution in [0.2, 0.25) is 0 Å². The number of diazo groups is 1. The van der Waals surface area contributed by atoms with Crippen molar-refractivity contribution in [3.63, 3.8) is 0 Å². The van der Waals surface area contributed by atoms with E-state index in [1.54, 1.807) is 18.2 Å². The van der Waals surface area contributed by atoms with Crippen LogP contribution in [0.15, 0.2) is 24.3 Å². The largest absolute Gasteiger partial charge is 0.385 e. The predicted octanol–water partition coefficient (Wildman–Crippen LogP) is 2.37. The number of rotatable bonds is 1. The molecular formula is C8H7N2O+. The number of benzene rings is 1. The van der Waals surface area contributed by atoms with Gasteiger partial charge in [0.1, 0.15) is 0 Å². The maximum absolute atomic E-state index is 10.8. The Morgan fingerprint density at radius 2 is 2.27 bits per heavy atom. The number of carbonyl (C=O) groups excluding carboxylic acids is 1. The Morgan fingerprint density at radius 3 is 2.82 bits per heavy atom. The van der Waals surface area contributed by atoms with Crippen LogP contribution >= 0.6 is 0 Å². The van der Waals surface area contributed by atoms with E-state index in [9.17, 15) is 4.79 Å². The third-order valence-electron chi connectivity index (χ3n) is 1.37. The minimum absolute atomic E-state index is 0.0319. The molecular weight excluding hydrogens is 140 g/mol. The number of carbonyl (C=O) groups is 1. The minimum Gasteiger partial charge on any atom is -0.295 e. The topological polar surface area (TPSA) is 45.2 Å². The number of hydrogen-bond acceptors (Lipinski definition) is 2. The third kappa shape index (κ3) is 1.62. The fourth-order valence-electron chi connectivity index (χ4n) is 0.787. The van der Waals surface area contributed by atoms with E-state index in [0.29, 0.717) is 11.3 Å². The maximum Gasteiger partial charge on any atom is 0.385 e. The van der Waals surface area contributed by atoms with Gasteiger partial charge in [-0.3, -0.25) is 4.79 Å². The van der Waals surface area contributed by atoms with Gasteiger partial charge in [-0.05, 0) is 6.92 Å². The van der Waals surface area contributed by atoms with Crippen molar-refractivity contribution in [3.05, 3.63) is 34.8 Å². The lowest BCUT2D eigenvalue weighted by atomic mass is 10.1. The SMILES string of the molecule is CC(=O)c1cccc([N+]#N)c1. The Bertz CT molecular complexity index is 325. The fraction of sp³-hybridized carbons (Fsp3) is 0.125. The van der Waals surface area contributed by atoms with Crippen molar-refractivity contribution in [2.24, 2.45) is 0 Å². The summed E-state index contributed by atoms with van der Waals surface area (Å²) < 4.78 is 0. The van der Waals surface area contributed by atoms with Crippen molar-refractivity contribution < 1.29 is 4.79 Å². The second-order valence-corrected chi connectivity index (χ2v) is 2.21. The quantitative estimate of drug-likeness (QED) is 0.452. The van der Waals surface area contributed by atoms with Gasteiger partial charge in [0.05, 0.1) is 0 Å². The summed E-state index contributed by atoms with van der Waals surface area (Å²) in [5.74, 6) is -0.0319. The molecule has 0 aromatic heterocycles. The van der Waals surface area contributed by atoms with Crippen LogP contribution in [0.25, 0.3) is 4.98 Å². The first-order valence-corrected chi connectivity index (χ1v) is 3.20. The average Bonchev–Trinajstić information content (AvgIpc) is 2.05. The standard InChI is InChI=1S/C8H7N2O/c1-6(11)7-3-2-4-8(5-7)10-9/h2-5H,1H3/q+1. The molecule has 0 spiro atoms. The molecule has 1 aromatic rings. The lowest BCUT2D eigenvalue weighted by Gasteiger charge is -1.88. The van der Waals surface area contributed by atoms with Crippen molar-refractivity contribution in [2.45, 2.75) is 6.92 Å². The summed E-state index contributed by atoms with van der Waals surface area (Å²) in [6.45, 7) is 1.47. The van der Waals surface area contributed by atoms with Crippen molar-refractivity contribution in [1.82, 2.24) is 0 Å². The Hall–Kier alpha value is -1.69. The lowest BCUT2D eigenvalue weighted by molar-refractivity contribution is 0.101. The zero-order chi connectivity index (χ0) is 8.27. The van der Waals surface area contributed by atoms with Crippen LogP contribution in [0, 0.1) is 5.39 Å². The Balaban J connectivity index is 3.13. The molecule has 0 amide bonds. The molecule has 1 rings (SSSR count). The summed E-state index contributed by atoms with van der Waals surface area (Å²) in [6, 6.07) is 6.50. The molecule has 1 aromatic carbocycles. The van der Waals surface area contributed by atoms with Crippen LogP contribution in [0.5, 0.6) is 0 Å². The van der Waals surface area contributed by atoms with Crippen molar-refractivity contribution >= 4 is 11.5 Å². The summed E-state index contributed by atoms with van der Waals surface area (Å²) in [5.41, 5.74) is 0.956. The highest BCUT2D eigenvalue weighted by Crippen LogP contribution is 2.13. The molecule has 11 heavy (non-hydrogen) atoms. The number of nitrogens with zero attached hydrogens (tertiary/aromatic N) is 2. The first-order valence-electron chi connectivity index (χ1n) is 3.20. The smallest absolute Gasteiger partial charge is 0.295 e. The number of Topliss-reactive ketones (excluding diaryl/α,β-unsaturated/α-hetero) is 1. The molecule has 0 unspecified atom stereocenters. The first kappa shape index (κ1) is 7.42. The Labute approximate surface area is 64.3 Å². The number of hydrogen-bond donors (Lipinski definition) is 0. The second kappa shape index (κ2) is 2.93. The van der Waals surface area contributed by atoms with E-state index in [2.05, 4.69) is 4.98 Å². The minimum atomic E-state index is -0.0319. The van der Waals surface area contributed by atoms with Gasteiger partial charge in [-0.2, -0.15) is 0 Å². The van der Waals surface area contributed by atoms with E-state index in [0.717, 1.165) is 0 Å². The highest BCUT2D eigenvalue weighted by Gasteiger charge is 2.06. The van der Waals surface area contributed by atoms with Crippen LogP contribution in [-0.4, -0.2) is 5.78 Å². The van der Waals surface area contributed by atoms with Crippen molar-refractivity contribution in [1.29, 1.82) is 5.39 Å². The molecule has 0 fully saturated rings. The highest BCUT2D eigenvalue weighted by molar-refractivity contribution is 5.94. The van der Waals surface area contributed by atoms with Crippen LogP contribution < -0.4 is 0 Å². The van der Waals surface area contributed by atoms with Gasteiger partial charge in [-0.25, -0.2) is 0 Å². The molecule has 0 aliphatic carbocycles. The summed E-state index contributed by atoms with van der Waals surface area (Å²) >= 11 is 0. The molecule has 0 heterocycles. The monoisotopic (exact) mass is 147 g/mol. The van der Waals surface area contributed by atoms with Gasteiger partial charge < -0.3 is 0 Å². The zero-order valence-corrected chi connectivity index (χ0v) is 6.11. The summed E-state index contributed by atoms with van der Waals surface area (Å²) in [7, 11) is 0. The van der Waals surface area contributed by atoms with E-state index >= 15 is 0 Å². The van der Waals surface area contributed by atoms with E-state index in [4.69, 9.17) is 5.39 Å². The molecule has 0 bridgehead atoms. The third-order valence-corrected chi connectivity index (χ3v) is 1.37. The van der Waals surface area contributed by atoms with Crippen molar-refractivity contribution in [3.8, 4) is 0 Å². The molecule has 3 nitrogen and oxygen atoms in total. The molecule has 0 atom stereocenters. The van der Waals surface area contributed by atoms with Gasteiger partial charge in [0.15, 0.2) is 10.8 Å². The summed E-state index contributed by atoms with van der Waals surface area (Å²) in [6.07, 6.45) is 0. The van der Waals surface area contributed by atoms with E-state index in [1.807, 2.05) is 0 Å². The molecule has 0 N–H and O–H groups in total. The average molecular weight is 147 g/mol. The summed E-state index contributed by atoms with van der Waals surface area (Å²) in [4.78, 5) is 13.8. The van der Waals surface area contributed by atoms with Gasteiger partial charge in [-0.15, -0.1) is 0 Å². The van der Waals surface area contributed by atoms with E-state index in [1.165, 1.54) is 13.0 Å². The molecule has 0 radical (unpaired) electrons. The number of ketones is 1. The van der Waals surface area contributed by atoms with E-state index in [-0.39, 0.29) is 5.78 Å². The van der Waals surface area contributed by atoms with Crippen LogP contribution in [-0.2, 0) is 0 Å². The molecule has 0 saturated heterocycles. The predicted molar refractivity (Wildman–Crippen MR) is 41.2 cm³/mol. The second-order valence-electron chi connectivity index (χ2n) is 2.21. The van der Waals surface area contributed by atoms with Crippen molar-refractivity contribution in [2.75, 3.05) is 0 Å². The summed E-state index contributed by atoms with van der Waals surface area (Å²) in [5, 5.41) is 8.36. The maximum atomic E-state index is 10.8. The van der Waals surface area contributed by atoms with Gasteiger partial charge in [0.2, 0.25) is 5.39 Å². The Morgan fingerprint density at radius 1 is 1.55 bits per heavy atom. The zero-order valence-electron chi connectivity index (χ0n) is 6.11. The lowest BCUT2D eigenvalue weighted by Crippen LogP contribution is -1.89. The molecule has 0 aliphatic rings. The van der Waals surface area contributed by atoms with Crippen LogP contribution in [0.3, 0.4) is 0 Å². The van der Waals surface area contributed by atoms with Gasteiger partial charge >= 0.3 is 5.69 Å².